The highest BCUT2D eigenvalue weighted by Crippen LogP contribution is 2.39. The SMILES string of the molecule is O=C(COC(=O)c1cc(Cl)c2c(c1)OCO2)c1cccc(F)c1. The highest BCUT2D eigenvalue weighted by Gasteiger charge is 2.21. The summed E-state index contributed by atoms with van der Waals surface area (Å²) < 4.78 is 28.3. The van der Waals surface area contributed by atoms with Crippen LogP contribution in [-0.2, 0) is 4.74 Å². The number of hydrogen-bond acceptors (Lipinski definition) is 5. The summed E-state index contributed by atoms with van der Waals surface area (Å²) in [6, 6.07) is 7.93. The molecule has 0 fully saturated rings. The fraction of sp³-hybridized carbons (Fsp3) is 0.125. The summed E-state index contributed by atoms with van der Waals surface area (Å²) in [4.78, 5) is 23.9. The Morgan fingerprint density at radius 1 is 1.17 bits per heavy atom. The molecule has 3 rings (SSSR count). The first-order valence-electron chi connectivity index (χ1n) is 6.59. The molecule has 0 aromatic heterocycles. The number of ketones is 1. The standard InChI is InChI=1S/C16H10ClFO5/c17-12-5-10(6-14-15(12)23-8-22-14)16(20)21-7-13(19)9-2-1-3-11(18)4-9/h1-6H,7-8H2. The third-order valence-corrected chi connectivity index (χ3v) is 3.42. The number of benzene rings is 2. The molecule has 2 aromatic rings. The van der Waals surface area contributed by atoms with Crippen molar-refractivity contribution in [2.75, 3.05) is 13.4 Å². The van der Waals surface area contributed by atoms with Crippen molar-refractivity contribution in [3.63, 3.8) is 0 Å². The third-order valence-electron chi connectivity index (χ3n) is 3.14. The second kappa shape index (κ2) is 6.26. The maximum atomic E-state index is 13.1. The molecule has 118 valence electrons. The van der Waals surface area contributed by atoms with Crippen LogP contribution in [-0.4, -0.2) is 25.2 Å². The van der Waals surface area contributed by atoms with E-state index < -0.39 is 24.2 Å². The van der Waals surface area contributed by atoms with Crippen LogP contribution in [0.3, 0.4) is 0 Å². The monoisotopic (exact) mass is 336 g/mol. The van der Waals surface area contributed by atoms with Gasteiger partial charge in [0.1, 0.15) is 5.82 Å². The highest BCUT2D eigenvalue weighted by molar-refractivity contribution is 6.32. The molecule has 2 aromatic carbocycles. The van der Waals surface area contributed by atoms with Gasteiger partial charge in [0.15, 0.2) is 23.9 Å². The van der Waals surface area contributed by atoms with Gasteiger partial charge >= 0.3 is 5.97 Å². The Morgan fingerprint density at radius 2 is 2.00 bits per heavy atom. The molecule has 0 radical (unpaired) electrons. The summed E-state index contributed by atoms with van der Waals surface area (Å²) in [5.74, 6) is -1.09. The molecule has 0 N–H and O–H groups in total. The van der Waals surface area contributed by atoms with E-state index in [2.05, 4.69) is 0 Å². The van der Waals surface area contributed by atoms with E-state index >= 15 is 0 Å². The maximum absolute atomic E-state index is 13.1. The zero-order chi connectivity index (χ0) is 16.4. The van der Waals surface area contributed by atoms with Gasteiger partial charge in [0.25, 0.3) is 0 Å². The number of esters is 1. The Bertz CT molecular complexity index is 790. The smallest absolute Gasteiger partial charge is 0.338 e. The Balaban J connectivity index is 1.68. The number of halogens is 2. The molecule has 0 spiro atoms. The quantitative estimate of drug-likeness (QED) is 0.633. The molecule has 0 saturated heterocycles. The van der Waals surface area contributed by atoms with Gasteiger partial charge in [0, 0.05) is 5.56 Å². The summed E-state index contributed by atoms with van der Waals surface area (Å²) in [6.45, 7) is -0.486. The van der Waals surface area contributed by atoms with E-state index in [4.69, 9.17) is 25.8 Å². The second-order valence-electron chi connectivity index (χ2n) is 4.70. The Labute approximate surface area is 135 Å². The lowest BCUT2D eigenvalue weighted by atomic mass is 10.1. The minimum atomic E-state index is -0.741. The lowest BCUT2D eigenvalue weighted by molar-refractivity contribution is 0.0474. The molecule has 5 nitrogen and oxygen atoms in total. The third kappa shape index (κ3) is 3.27. The van der Waals surface area contributed by atoms with Crippen LogP contribution in [0.2, 0.25) is 5.02 Å². The first-order valence-corrected chi connectivity index (χ1v) is 6.97. The van der Waals surface area contributed by atoms with Crippen LogP contribution in [0.15, 0.2) is 36.4 Å². The van der Waals surface area contributed by atoms with Crippen LogP contribution in [0, 0.1) is 5.82 Å². The van der Waals surface area contributed by atoms with Crippen molar-refractivity contribution in [2.24, 2.45) is 0 Å². The molecule has 0 atom stereocenters. The maximum Gasteiger partial charge on any atom is 0.338 e. The number of hydrogen-bond donors (Lipinski definition) is 0. The summed E-state index contributed by atoms with van der Waals surface area (Å²) >= 11 is 5.97. The molecule has 1 aliphatic rings. The van der Waals surface area contributed by atoms with Crippen LogP contribution in [0.4, 0.5) is 4.39 Å². The number of Topliss-reactive ketones (excluding diaryl/α,β-unsaturated/α-hetero) is 1. The van der Waals surface area contributed by atoms with Crippen LogP contribution in [0.1, 0.15) is 20.7 Å². The molecular formula is C16H10ClFO5. The fourth-order valence-corrected chi connectivity index (χ4v) is 2.31. The molecular weight excluding hydrogens is 327 g/mol. The van der Waals surface area contributed by atoms with Gasteiger partial charge in [-0.3, -0.25) is 4.79 Å². The highest BCUT2D eigenvalue weighted by atomic mass is 35.5. The first-order chi connectivity index (χ1) is 11.0. The van der Waals surface area contributed by atoms with Gasteiger partial charge < -0.3 is 14.2 Å². The van der Waals surface area contributed by atoms with Crippen molar-refractivity contribution < 1.29 is 28.2 Å². The van der Waals surface area contributed by atoms with E-state index in [1.54, 1.807) is 0 Å². The van der Waals surface area contributed by atoms with Crippen LogP contribution in [0.5, 0.6) is 11.5 Å². The van der Waals surface area contributed by atoms with Crippen molar-refractivity contribution in [2.45, 2.75) is 0 Å². The van der Waals surface area contributed by atoms with Crippen LogP contribution >= 0.6 is 11.6 Å². The van der Waals surface area contributed by atoms with E-state index in [9.17, 15) is 14.0 Å². The predicted molar refractivity (Wildman–Crippen MR) is 78.6 cm³/mol. The van der Waals surface area contributed by atoms with Crippen molar-refractivity contribution in [3.05, 3.63) is 58.4 Å². The zero-order valence-electron chi connectivity index (χ0n) is 11.7. The van der Waals surface area contributed by atoms with E-state index in [-0.39, 0.29) is 22.9 Å². The largest absolute Gasteiger partial charge is 0.454 e. The van der Waals surface area contributed by atoms with Gasteiger partial charge in [0.05, 0.1) is 10.6 Å². The van der Waals surface area contributed by atoms with Gasteiger partial charge in [-0.2, -0.15) is 0 Å². The van der Waals surface area contributed by atoms with Crippen molar-refractivity contribution >= 4 is 23.4 Å². The summed E-state index contributed by atoms with van der Waals surface area (Å²) in [6.07, 6.45) is 0. The lowest BCUT2D eigenvalue weighted by Gasteiger charge is -2.06. The van der Waals surface area contributed by atoms with Crippen molar-refractivity contribution in [3.8, 4) is 11.5 Å². The first kappa shape index (κ1) is 15.3. The molecule has 0 bridgehead atoms. The predicted octanol–water partition coefficient (Wildman–Crippen LogP) is 3.25. The molecule has 0 saturated carbocycles. The van der Waals surface area contributed by atoms with Gasteiger partial charge in [-0.1, -0.05) is 23.7 Å². The molecule has 7 heteroatoms. The molecule has 0 amide bonds. The summed E-state index contributed by atoms with van der Waals surface area (Å²) in [5, 5.41) is 0.211. The van der Waals surface area contributed by atoms with Crippen molar-refractivity contribution in [1.82, 2.24) is 0 Å². The van der Waals surface area contributed by atoms with Gasteiger partial charge in [-0.25, -0.2) is 9.18 Å². The number of carbonyl (C=O) groups excluding carboxylic acids is 2. The molecule has 0 aliphatic carbocycles. The van der Waals surface area contributed by atoms with Crippen LogP contribution in [0.25, 0.3) is 0 Å². The summed E-state index contributed by atoms with van der Waals surface area (Å²) in [5.41, 5.74) is 0.257. The van der Waals surface area contributed by atoms with Gasteiger partial charge in [0.2, 0.25) is 6.79 Å². The van der Waals surface area contributed by atoms with Crippen LogP contribution < -0.4 is 9.47 Å². The van der Waals surface area contributed by atoms with Gasteiger partial charge in [-0.15, -0.1) is 0 Å². The van der Waals surface area contributed by atoms with Crippen molar-refractivity contribution in [1.29, 1.82) is 0 Å². The Morgan fingerprint density at radius 3 is 2.78 bits per heavy atom. The minimum absolute atomic E-state index is 0.0195. The zero-order valence-corrected chi connectivity index (χ0v) is 12.4. The second-order valence-corrected chi connectivity index (χ2v) is 5.11. The average Bonchev–Trinajstić information content (AvgIpc) is 3.01. The molecule has 1 heterocycles. The molecule has 23 heavy (non-hydrogen) atoms. The topological polar surface area (TPSA) is 61.8 Å². The normalized spacial score (nSPS) is 12.1. The van der Waals surface area contributed by atoms with E-state index in [0.717, 1.165) is 6.07 Å². The molecule has 0 unspecified atom stereocenters. The average molecular weight is 337 g/mol. The van der Waals surface area contributed by atoms with E-state index in [1.165, 1.54) is 30.3 Å². The number of carbonyl (C=O) groups is 2. The Hall–Kier alpha value is -2.60. The fourth-order valence-electron chi connectivity index (χ4n) is 2.04. The molecule has 1 aliphatic heterocycles. The van der Waals surface area contributed by atoms with E-state index in [1.807, 2.05) is 0 Å². The number of rotatable bonds is 4. The van der Waals surface area contributed by atoms with E-state index in [0.29, 0.717) is 11.5 Å². The lowest BCUT2D eigenvalue weighted by Crippen LogP contribution is -2.14. The minimum Gasteiger partial charge on any atom is -0.454 e. The number of fused-ring (bicyclic) bond motifs is 1. The Kier molecular flexibility index (Phi) is 4.16. The van der Waals surface area contributed by atoms with Gasteiger partial charge in [-0.05, 0) is 24.3 Å². The summed E-state index contributed by atoms with van der Waals surface area (Å²) in [7, 11) is 0. The number of ether oxygens (including phenoxy) is 3.